The van der Waals surface area contributed by atoms with Gasteiger partial charge in [-0.05, 0) is 32.1 Å². The first-order valence-corrected chi connectivity index (χ1v) is 6.79. The fourth-order valence-corrected chi connectivity index (χ4v) is 2.89. The number of aromatic nitrogens is 3. The normalized spacial score (nSPS) is 13.2. The van der Waals surface area contributed by atoms with E-state index in [0.29, 0.717) is 0 Å². The van der Waals surface area contributed by atoms with E-state index in [1.165, 1.54) is 27.6 Å². The summed E-state index contributed by atoms with van der Waals surface area (Å²) in [7, 11) is 6.16. The molecule has 20 heavy (non-hydrogen) atoms. The van der Waals surface area contributed by atoms with Crippen LogP contribution in [0.3, 0.4) is 0 Å². The zero-order valence-electron chi connectivity index (χ0n) is 12.4. The molecular weight excluding hydrogens is 248 g/mol. The van der Waals surface area contributed by atoms with Gasteiger partial charge < -0.3 is 4.98 Å². The van der Waals surface area contributed by atoms with Gasteiger partial charge in [0, 0.05) is 35.9 Å². The Morgan fingerprint density at radius 2 is 2.10 bits per heavy atom. The Balaban J connectivity index is 2.18. The lowest BCUT2D eigenvalue weighted by Crippen LogP contribution is -2.20. The van der Waals surface area contributed by atoms with Crippen LogP contribution in [0.5, 0.6) is 0 Å². The number of nitrogens with zero attached hydrogens (tertiary/aromatic N) is 3. The van der Waals surface area contributed by atoms with Crippen molar-refractivity contribution >= 4 is 10.9 Å². The lowest BCUT2D eigenvalue weighted by atomic mass is 9.99. The molecule has 104 valence electrons. The largest absolute Gasteiger partial charge is 0.361 e. The molecule has 3 aromatic rings. The van der Waals surface area contributed by atoms with Crippen LogP contribution in [0.25, 0.3) is 10.9 Å². The number of benzene rings is 1. The van der Waals surface area contributed by atoms with Gasteiger partial charge in [0.25, 0.3) is 0 Å². The van der Waals surface area contributed by atoms with E-state index in [1.54, 1.807) is 0 Å². The predicted octanol–water partition coefficient (Wildman–Crippen LogP) is 2.86. The summed E-state index contributed by atoms with van der Waals surface area (Å²) in [5.41, 5.74) is 5.00. The summed E-state index contributed by atoms with van der Waals surface area (Å²) in [6.45, 7) is 2.14. The maximum absolute atomic E-state index is 4.31. The molecule has 1 atom stereocenters. The zero-order chi connectivity index (χ0) is 14.3. The Morgan fingerprint density at radius 1 is 1.30 bits per heavy atom. The highest BCUT2D eigenvalue weighted by molar-refractivity contribution is 5.86. The number of nitrogens with one attached hydrogen (secondary N) is 1. The Hall–Kier alpha value is -2.07. The van der Waals surface area contributed by atoms with Crippen LogP contribution in [0.15, 0.2) is 36.8 Å². The smallest absolute Gasteiger partial charge is 0.0649 e. The van der Waals surface area contributed by atoms with Crippen molar-refractivity contribution in [2.75, 3.05) is 14.1 Å². The molecule has 0 fully saturated rings. The van der Waals surface area contributed by atoms with Crippen molar-refractivity contribution in [3.63, 3.8) is 0 Å². The number of para-hydroxylation sites is 1. The summed E-state index contributed by atoms with van der Waals surface area (Å²) in [6.07, 6.45) is 6.15. The van der Waals surface area contributed by atoms with E-state index in [2.05, 4.69) is 66.6 Å². The summed E-state index contributed by atoms with van der Waals surface area (Å²) in [6, 6.07) is 6.64. The third-order valence-electron chi connectivity index (χ3n) is 3.81. The van der Waals surface area contributed by atoms with Gasteiger partial charge in [-0.2, -0.15) is 5.10 Å². The number of hydrogen-bond acceptors (Lipinski definition) is 2. The number of aromatic amines is 1. The van der Waals surface area contributed by atoms with Crippen LogP contribution in [0.1, 0.15) is 22.7 Å². The molecule has 0 saturated carbocycles. The summed E-state index contributed by atoms with van der Waals surface area (Å²) in [5, 5.41) is 5.59. The Morgan fingerprint density at radius 3 is 2.75 bits per heavy atom. The molecule has 4 heteroatoms. The maximum Gasteiger partial charge on any atom is 0.0649 e. The van der Waals surface area contributed by atoms with Gasteiger partial charge in [-0.15, -0.1) is 0 Å². The number of rotatable bonds is 3. The number of aryl methyl sites for hydroxylation is 2. The molecule has 3 rings (SSSR count). The van der Waals surface area contributed by atoms with Gasteiger partial charge in [-0.1, -0.05) is 18.2 Å². The molecule has 1 N–H and O–H groups in total. The minimum Gasteiger partial charge on any atom is -0.361 e. The molecular formula is C16H20N4. The molecule has 0 spiro atoms. The fourth-order valence-electron chi connectivity index (χ4n) is 2.89. The molecule has 0 amide bonds. The lowest BCUT2D eigenvalue weighted by Gasteiger charge is -2.23. The second kappa shape index (κ2) is 4.80. The van der Waals surface area contributed by atoms with Gasteiger partial charge >= 0.3 is 0 Å². The van der Waals surface area contributed by atoms with Crippen LogP contribution in [0, 0.1) is 6.92 Å². The van der Waals surface area contributed by atoms with E-state index >= 15 is 0 Å². The summed E-state index contributed by atoms with van der Waals surface area (Å²) in [4.78, 5) is 5.64. The second-order valence-electron chi connectivity index (χ2n) is 5.55. The molecule has 1 unspecified atom stereocenters. The first kappa shape index (κ1) is 12.9. The topological polar surface area (TPSA) is 36.9 Å². The van der Waals surface area contributed by atoms with Gasteiger partial charge in [0.2, 0.25) is 0 Å². The van der Waals surface area contributed by atoms with Gasteiger partial charge in [0.1, 0.15) is 0 Å². The van der Waals surface area contributed by atoms with E-state index in [0.717, 1.165) is 0 Å². The van der Waals surface area contributed by atoms with E-state index in [-0.39, 0.29) is 6.04 Å². The maximum atomic E-state index is 4.31. The second-order valence-corrected chi connectivity index (χ2v) is 5.55. The number of hydrogen-bond donors (Lipinski definition) is 1. The van der Waals surface area contributed by atoms with Crippen molar-refractivity contribution in [3.05, 3.63) is 53.5 Å². The van der Waals surface area contributed by atoms with Crippen LogP contribution in [0.4, 0.5) is 0 Å². The molecule has 4 nitrogen and oxygen atoms in total. The van der Waals surface area contributed by atoms with Crippen LogP contribution in [-0.2, 0) is 7.05 Å². The lowest BCUT2D eigenvalue weighted by molar-refractivity contribution is 0.344. The van der Waals surface area contributed by atoms with Crippen molar-refractivity contribution in [1.29, 1.82) is 0 Å². The molecule has 0 bridgehead atoms. The first-order chi connectivity index (χ1) is 9.58. The van der Waals surface area contributed by atoms with Crippen molar-refractivity contribution < 1.29 is 0 Å². The average Bonchev–Trinajstić information content (AvgIpc) is 2.98. The van der Waals surface area contributed by atoms with Crippen LogP contribution >= 0.6 is 0 Å². The monoisotopic (exact) mass is 268 g/mol. The SMILES string of the molecule is Cc1cccc2c(C(c3cnn(C)c3)N(C)C)c[nH]c12. The van der Waals surface area contributed by atoms with Crippen molar-refractivity contribution in [2.45, 2.75) is 13.0 Å². The van der Waals surface area contributed by atoms with E-state index in [1.807, 2.05) is 17.9 Å². The van der Waals surface area contributed by atoms with Gasteiger partial charge in [-0.3, -0.25) is 9.58 Å². The van der Waals surface area contributed by atoms with E-state index < -0.39 is 0 Å². The average molecular weight is 268 g/mol. The summed E-state index contributed by atoms with van der Waals surface area (Å²) in [5.74, 6) is 0. The summed E-state index contributed by atoms with van der Waals surface area (Å²) >= 11 is 0. The minimum absolute atomic E-state index is 0.208. The highest BCUT2D eigenvalue weighted by atomic mass is 15.2. The third-order valence-corrected chi connectivity index (χ3v) is 3.81. The van der Waals surface area contributed by atoms with Crippen LogP contribution < -0.4 is 0 Å². The molecule has 0 radical (unpaired) electrons. The van der Waals surface area contributed by atoms with Crippen LogP contribution in [-0.4, -0.2) is 33.8 Å². The van der Waals surface area contributed by atoms with Crippen molar-refractivity contribution in [3.8, 4) is 0 Å². The Bertz CT molecular complexity index is 736. The first-order valence-electron chi connectivity index (χ1n) is 6.79. The highest BCUT2D eigenvalue weighted by Gasteiger charge is 2.21. The number of H-pyrrole nitrogens is 1. The quantitative estimate of drug-likeness (QED) is 0.793. The molecule has 1 aromatic carbocycles. The Labute approximate surface area is 119 Å². The zero-order valence-corrected chi connectivity index (χ0v) is 12.4. The summed E-state index contributed by atoms with van der Waals surface area (Å²) < 4.78 is 1.85. The van der Waals surface area contributed by atoms with Gasteiger partial charge in [-0.25, -0.2) is 0 Å². The predicted molar refractivity (Wildman–Crippen MR) is 81.8 cm³/mol. The van der Waals surface area contributed by atoms with Gasteiger partial charge in [0.15, 0.2) is 0 Å². The van der Waals surface area contributed by atoms with Gasteiger partial charge in [0.05, 0.1) is 12.2 Å². The molecule has 0 saturated heterocycles. The molecule has 0 aliphatic carbocycles. The standard InChI is InChI=1S/C16H20N4/c1-11-6-5-7-13-14(9-17-15(11)13)16(19(2)3)12-8-18-20(4)10-12/h5-10,16-17H,1-4H3. The number of fused-ring (bicyclic) bond motifs is 1. The molecule has 2 aromatic heterocycles. The minimum atomic E-state index is 0.208. The highest BCUT2D eigenvalue weighted by Crippen LogP contribution is 2.32. The van der Waals surface area contributed by atoms with Crippen molar-refractivity contribution in [1.82, 2.24) is 19.7 Å². The molecule has 2 heterocycles. The molecule has 0 aliphatic rings. The van der Waals surface area contributed by atoms with Crippen LogP contribution in [0.2, 0.25) is 0 Å². The van der Waals surface area contributed by atoms with Crippen molar-refractivity contribution in [2.24, 2.45) is 7.05 Å². The molecule has 0 aliphatic heterocycles. The Kier molecular flexibility index (Phi) is 3.10. The third kappa shape index (κ3) is 2.02. The van der Waals surface area contributed by atoms with E-state index in [9.17, 15) is 0 Å². The fraction of sp³-hybridized carbons (Fsp3) is 0.312. The van der Waals surface area contributed by atoms with E-state index in [4.69, 9.17) is 0 Å².